The molecule has 0 amide bonds. The van der Waals surface area contributed by atoms with Crippen LogP contribution in [-0.2, 0) is 6.42 Å². The van der Waals surface area contributed by atoms with Gasteiger partial charge in [0.2, 0.25) is 0 Å². The van der Waals surface area contributed by atoms with Gasteiger partial charge in [0, 0.05) is 6.61 Å². The van der Waals surface area contributed by atoms with E-state index < -0.39 is 0 Å². The predicted octanol–water partition coefficient (Wildman–Crippen LogP) is 2.26. The summed E-state index contributed by atoms with van der Waals surface area (Å²) in [5.41, 5.74) is 1.86. The van der Waals surface area contributed by atoms with E-state index in [-0.39, 0.29) is 12.0 Å². The Bertz CT molecular complexity index is 316. The molecule has 0 fully saturated rings. The molecule has 1 aromatic carbocycles. The van der Waals surface area contributed by atoms with Crippen LogP contribution in [0.5, 0.6) is 5.75 Å². The van der Waals surface area contributed by atoms with Crippen LogP contribution in [0.3, 0.4) is 0 Å². The minimum Gasteiger partial charge on any atom is -0.508 e. The number of aliphatic hydroxyl groups is 1. The second-order valence-electron chi connectivity index (χ2n) is 4.63. The van der Waals surface area contributed by atoms with E-state index in [0.717, 1.165) is 11.1 Å². The van der Waals surface area contributed by atoms with Crippen LogP contribution in [0.4, 0.5) is 0 Å². The molecule has 0 aliphatic rings. The first-order valence-corrected chi connectivity index (χ1v) is 4.84. The fraction of sp³-hybridized carbons (Fsp3) is 0.500. The number of benzene rings is 1. The zero-order valence-electron chi connectivity index (χ0n) is 9.04. The Balaban J connectivity index is 2.91. The monoisotopic (exact) mass is 194 g/mol. The van der Waals surface area contributed by atoms with Gasteiger partial charge in [0.05, 0.1) is 0 Å². The van der Waals surface area contributed by atoms with E-state index in [1.54, 1.807) is 6.07 Å². The van der Waals surface area contributed by atoms with Gasteiger partial charge in [0.1, 0.15) is 5.75 Å². The summed E-state index contributed by atoms with van der Waals surface area (Å²) in [4.78, 5) is 0. The molecule has 0 saturated carbocycles. The summed E-state index contributed by atoms with van der Waals surface area (Å²) in [7, 11) is 0. The molecule has 0 radical (unpaired) electrons. The van der Waals surface area contributed by atoms with E-state index in [4.69, 9.17) is 5.11 Å². The summed E-state index contributed by atoms with van der Waals surface area (Å²) in [6.07, 6.45) is 0.691. The van der Waals surface area contributed by atoms with Gasteiger partial charge in [-0.15, -0.1) is 0 Å². The van der Waals surface area contributed by atoms with Crippen LogP contribution in [0.15, 0.2) is 18.2 Å². The molecule has 0 aliphatic heterocycles. The molecule has 0 aromatic heterocycles. The van der Waals surface area contributed by atoms with Crippen molar-refractivity contribution in [2.75, 3.05) is 6.61 Å². The Morgan fingerprint density at radius 3 is 2.50 bits per heavy atom. The van der Waals surface area contributed by atoms with Crippen LogP contribution in [0.2, 0.25) is 0 Å². The van der Waals surface area contributed by atoms with Crippen molar-refractivity contribution in [3.05, 3.63) is 29.3 Å². The lowest BCUT2D eigenvalue weighted by atomic mass is 9.86. The molecule has 0 heterocycles. The first kappa shape index (κ1) is 11.1. The molecule has 0 atom stereocenters. The highest BCUT2D eigenvalue weighted by atomic mass is 16.3. The Morgan fingerprint density at radius 2 is 1.93 bits per heavy atom. The number of phenols is 1. The normalized spacial score (nSPS) is 11.7. The third kappa shape index (κ3) is 2.74. The van der Waals surface area contributed by atoms with Gasteiger partial charge in [-0.3, -0.25) is 0 Å². The van der Waals surface area contributed by atoms with E-state index >= 15 is 0 Å². The summed E-state index contributed by atoms with van der Waals surface area (Å²) in [5.74, 6) is 0.317. The second kappa shape index (κ2) is 4.01. The van der Waals surface area contributed by atoms with E-state index in [2.05, 4.69) is 0 Å². The number of rotatable bonds is 3. The van der Waals surface area contributed by atoms with Crippen molar-refractivity contribution in [2.45, 2.75) is 27.2 Å². The number of hydrogen-bond acceptors (Lipinski definition) is 2. The molecule has 2 heteroatoms. The van der Waals surface area contributed by atoms with Crippen LogP contribution < -0.4 is 0 Å². The Labute approximate surface area is 85.2 Å². The molecule has 1 rings (SSSR count). The minimum atomic E-state index is -0.175. The van der Waals surface area contributed by atoms with Gasteiger partial charge in [0.15, 0.2) is 0 Å². The van der Waals surface area contributed by atoms with Crippen LogP contribution in [0.25, 0.3) is 0 Å². The zero-order chi connectivity index (χ0) is 10.8. The van der Waals surface area contributed by atoms with Crippen LogP contribution >= 0.6 is 0 Å². The molecule has 2 nitrogen and oxygen atoms in total. The van der Waals surface area contributed by atoms with Crippen molar-refractivity contribution < 1.29 is 10.2 Å². The van der Waals surface area contributed by atoms with Crippen LogP contribution in [0.1, 0.15) is 25.0 Å². The first-order valence-electron chi connectivity index (χ1n) is 4.84. The summed E-state index contributed by atoms with van der Waals surface area (Å²) < 4.78 is 0. The lowest BCUT2D eigenvalue weighted by molar-refractivity contribution is 0.159. The van der Waals surface area contributed by atoms with Crippen LogP contribution in [-0.4, -0.2) is 16.8 Å². The van der Waals surface area contributed by atoms with Crippen molar-refractivity contribution in [3.63, 3.8) is 0 Å². The topological polar surface area (TPSA) is 40.5 Å². The van der Waals surface area contributed by atoms with Crippen molar-refractivity contribution >= 4 is 0 Å². The fourth-order valence-electron chi connectivity index (χ4n) is 1.43. The maximum atomic E-state index is 9.61. The summed E-state index contributed by atoms with van der Waals surface area (Å²) in [5, 5.41) is 18.7. The standard InChI is InChI=1S/C12H18O2/c1-9-4-5-11(14)10(6-9)7-12(2,3)8-13/h4-6,13-14H,7-8H2,1-3H3. The molecule has 14 heavy (non-hydrogen) atoms. The highest BCUT2D eigenvalue weighted by Crippen LogP contribution is 2.27. The molecule has 2 N–H and O–H groups in total. The molecule has 0 spiro atoms. The van der Waals surface area contributed by atoms with Crippen molar-refractivity contribution in [1.82, 2.24) is 0 Å². The molecule has 0 saturated heterocycles. The number of phenolic OH excluding ortho intramolecular Hbond substituents is 1. The first-order chi connectivity index (χ1) is 6.44. The summed E-state index contributed by atoms with van der Waals surface area (Å²) in [6.45, 7) is 6.08. The van der Waals surface area contributed by atoms with Gasteiger partial charge in [-0.2, -0.15) is 0 Å². The lowest BCUT2D eigenvalue weighted by Gasteiger charge is -2.22. The van der Waals surface area contributed by atoms with Gasteiger partial charge in [-0.1, -0.05) is 31.5 Å². The van der Waals surface area contributed by atoms with E-state index in [1.165, 1.54) is 0 Å². The van der Waals surface area contributed by atoms with Crippen LogP contribution in [0, 0.1) is 12.3 Å². The van der Waals surface area contributed by atoms with Gasteiger partial charge in [-0.05, 0) is 30.4 Å². The molecule has 78 valence electrons. The third-order valence-electron chi connectivity index (χ3n) is 2.33. The summed E-state index contributed by atoms with van der Waals surface area (Å²) >= 11 is 0. The number of hydrogen-bond donors (Lipinski definition) is 2. The average molecular weight is 194 g/mol. The maximum absolute atomic E-state index is 9.61. The quantitative estimate of drug-likeness (QED) is 0.775. The Hall–Kier alpha value is -1.02. The van der Waals surface area contributed by atoms with Gasteiger partial charge >= 0.3 is 0 Å². The SMILES string of the molecule is Cc1ccc(O)c(CC(C)(C)CO)c1. The van der Waals surface area contributed by atoms with E-state index in [0.29, 0.717) is 12.2 Å². The number of aryl methyl sites for hydroxylation is 1. The Kier molecular flexibility index (Phi) is 3.17. The highest BCUT2D eigenvalue weighted by Gasteiger charge is 2.18. The number of aliphatic hydroxyl groups excluding tert-OH is 1. The number of aromatic hydroxyl groups is 1. The van der Waals surface area contributed by atoms with Gasteiger partial charge in [-0.25, -0.2) is 0 Å². The second-order valence-corrected chi connectivity index (χ2v) is 4.63. The smallest absolute Gasteiger partial charge is 0.118 e. The van der Waals surface area contributed by atoms with Crippen molar-refractivity contribution in [3.8, 4) is 5.75 Å². The third-order valence-corrected chi connectivity index (χ3v) is 2.33. The van der Waals surface area contributed by atoms with E-state index in [9.17, 15) is 5.11 Å². The predicted molar refractivity (Wildman–Crippen MR) is 57.4 cm³/mol. The maximum Gasteiger partial charge on any atom is 0.118 e. The fourth-order valence-corrected chi connectivity index (χ4v) is 1.43. The Morgan fingerprint density at radius 1 is 1.29 bits per heavy atom. The molecule has 0 unspecified atom stereocenters. The lowest BCUT2D eigenvalue weighted by Crippen LogP contribution is -2.19. The largest absolute Gasteiger partial charge is 0.508 e. The molecule has 0 aliphatic carbocycles. The van der Waals surface area contributed by atoms with Crippen molar-refractivity contribution in [1.29, 1.82) is 0 Å². The van der Waals surface area contributed by atoms with E-state index in [1.807, 2.05) is 32.9 Å². The average Bonchev–Trinajstić information content (AvgIpc) is 2.11. The molecule has 1 aromatic rings. The molecular weight excluding hydrogens is 176 g/mol. The van der Waals surface area contributed by atoms with Crippen molar-refractivity contribution in [2.24, 2.45) is 5.41 Å². The molecule has 0 bridgehead atoms. The molecular formula is C12H18O2. The van der Waals surface area contributed by atoms with Gasteiger partial charge in [0.25, 0.3) is 0 Å². The minimum absolute atomic E-state index is 0.125. The van der Waals surface area contributed by atoms with Gasteiger partial charge < -0.3 is 10.2 Å². The zero-order valence-corrected chi connectivity index (χ0v) is 9.04. The summed E-state index contributed by atoms with van der Waals surface area (Å²) in [6, 6.07) is 5.55. The highest BCUT2D eigenvalue weighted by molar-refractivity contribution is 5.36.